The Labute approximate surface area is 252 Å². The van der Waals surface area contributed by atoms with E-state index in [2.05, 4.69) is 24.3 Å². The van der Waals surface area contributed by atoms with E-state index in [0.29, 0.717) is 6.07 Å². The minimum absolute atomic E-state index is 0. The van der Waals surface area contributed by atoms with Crippen molar-refractivity contribution >= 4 is 14.0 Å². The molecule has 0 amide bonds. The quantitative estimate of drug-likeness (QED) is 0.121. The predicted molar refractivity (Wildman–Crippen MR) is 103 cm³/mol. The molecule has 0 saturated carbocycles. The molecule has 37 heavy (non-hydrogen) atoms. The van der Waals surface area contributed by atoms with Crippen LogP contribution in [0.5, 0.6) is 0 Å². The predicted octanol–water partition coefficient (Wildman–Crippen LogP) is -5.42. The number of hydrogen-bond acceptors (Lipinski definition) is 10. The number of phosphoric acid groups is 1. The minimum Gasteiger partial charge on any atom is -0.780 e. The molecule has 0 aliphatic heterocycles. The SMILES string of the molecule is CC(OC(=O)OP(=O)([O-])[O-])[n+]1cnn(C[C@](O)(c2ccc(F)cc2F)[C@@H](C)c2ncncc2F)c1.[Na+].[Na+]. The molecule has 188 valence electrons. The van der Waals surface area contributed by atoms with Crippen LogP contribution in [-0.2, 0) is 26.0 Å². The van der Waals surface area contributed by atoms with Crippen molar-refractivity contribution < 1.29 is 110 Å². The molecule has 0 bridgehead atoms. The molecule has 0 aliphatic carbocycles. The summed E-state index contributed by atoms with van der Waals surface area (Å²) in [6.07, 6.45) is 1.19. The summed E-state index contributed by atoms with van der Waals surface area (Å²) in [6.45, 7) is 2.14. The van der Waals surface area contributed by atoms with Crippen molar-refractivity contribution in [1.29, 1.82) is 0 Å². The fourth-order valence-electron chi connectivity index (χ4n) is 3.33. The molecule has 3 aromatic rings. The van der Waals surface area contributed by atoms with E-state index in [1.54, 1.807) is 0 Å². The Morgan fingerprint density at radius 1 is 1.24 bits per heavy atom. The van der Waals surface area contributed by atoms with E-state index in [-0.39, 0.29) is 70.4 Å². The van der Waals surface area contributed by atoms with Crippen LogP contribution in [0.2, 0.25) is 0 Å². The van der Waals surface area contributed by atoms with E-state index < -0.39 is 55.7 Å². The van der Waals surface area contributed by atoms with E-state index in [9.17, 15) is 37.4 Å². The summed E-state index contributed by atoms with van der Waals surface area (Å²) < 4.78 is 63.6. The van der Waals surface area contributed by atoms with Gasteiger partial charge in [0.05, 0.1) is 11.9 Å². The van der Waals surface area contributed by atoms with Crippen LogP contribution < -0.4 is 73.5 Å². The van der Waals surface area contributed by atoms with Gasteiger partial charge in [-0.25, -0.2) is 27.9 Å². The Morgan fingerprint density at radius 2 is 1.92 bits per heavy atom. The van der Waals surface area contributed by atoms with Gasteiger partial charge in [-0.1, -0.05) is 13.0 Å². The molecule has 2 heterocycles. The van der Waals surface area contributed by atoms with Crippen LogP contribution in [0.3, 0.4) is 0 Å². The molecule has 0 spiro atoms. The zero-order valence-electron chi connectivity index (χ0n) is 20.1. The largest absolute Gasteiger partial charge is 1.00 e. The van der Waals surface area contributed by atoms with Gasteiger partial charge in [0, 0.05) is 29.6 Å². The van der Waals surface area contributed by atoms with Crippen molar-refractivity contribution in [2.24, 2.45) is 0 Å². The standard InChI is InChI=1S/C19H19F3N5O7P.2Na/c1-11(17-16(22)6-23-8-24-17)19(29,14-4-3-13(20)5-15(14)21)7-27-10-26(9-25-27)12(2)33-18(28)34-35(30,31)32;;/h3-6,8-12,29H,7H2,1-2H3,(H-,30,31,32);;/q;2*+1/p-1/t11-,12?,19+;;/m0../s1. The molecule has 3 rings (SSSR count). The molecule has 0 saturated heterocycles. The first kappa shape index (κ1) is 33.6. The molecule has 0 fully saturated rings. The zero-order chi connectivity index (χ0) is 26.0. The van der Waals surface area contributed by atoms with Gasteiger partial charge in [0.25, 0.3) is 6.33 Å². The summed E-state index contributed by atoms with van der Waals surface area (Å²) in [4.78, 5) is 39.8. The Kier molecular flexibility index (Phi) is 12.4. The first-order valence-corrected chi connectivity index (χ1v) is 11.2. The summed E-state index contributed by atoms with van der Waals surface area (Å²) in [5.74, 6) is -4.07. The number of aliphatic hydroxyl groups is 1. The second-order valence-electron chi connectivity index (χ2n) is 7.42. The maximum Gasteiger partial charge on any atom is 1.00 e. The third-order valence-electron chi connectivity index (χ3n) is 5.10. The third kappa shape index (κ3) is 8.55. The number of carbonyl (C=O) groups is 1. The van der Waals surface area contributed by atoms with Gasteiger partial charge >= 0.3 is 65.3 Å². The molecular weight excluding hydrogens is 544 g/mol. The van der Waals surface area contributed by atoms with Gasteiger partial charge in [0.15, 0.2) is 5.82 Å². The number of nitrogens with zero attached hydrogens (tertiary/aromatic N) is 5. The van der Waals surface area contributed by atoms with E-state index in [1.807, 2.05) is 0 Å². The number of hydrogen-bond donors (Lipinski definition) is 1. The van der Waals surface area contributed by atoms with Gasteiger partial charge in [-0.2, -0.15) is 4.57 Å². The van der Waals surface area contributed by atoms with Crippen molar-refractivity contribution in [3.05, 3.63) is 72.1 Å². The van der Waals surface area contributed by atoms with E-state index in [1.165, 1.54) is 20.2 Å². The van der Waals surface area contributed by atoms with Crippen LogP contribution in [0, 0.1) is 17.5 Å². The Bertz CT molecular complexity index is 1280. The molecule has 3 atom stereocenters. The molecule has 0 aliphatic rings. The third-order valence-corrected chi connectivity index (χ3v) is 5.47. The Morgan fingerprint density at radius 3 is 2.51 bits per heavy atom. The van der Waals surface area contributed by atoms with Crippen molar-refractivity contribution in [2.75, 3.05) is 0 Å². The average molecular weight is 562 g/mol. The minimum atomic E-state index is -5.62. The molecule has 2 aromatic heterocycles. The first-order valence-electron chi connectivity index (χ1n) is 9.79. The number of benzene rings is 1. The number of halogens is 3. The first-order chi connectivity index (χ1) is 16.3. The summed E-state index contributed by atoms with van der Waals surface area (Å²) >= 11 is 0. The van der Waals surface area contributed by atoms with Gasteiger partial charge < -0.3 is 28.7 Å². The summed E-state index contributed by atoms with van der Waals surface area (Å²) in [5.41, 5.74) is -2.84. The van der Waals surface area contributed by atoms with Crippen LogP contribution in [0.15, 0.2) is 43.4 Å². The second kappa shape index (κ2) is 13.6. The Balaban J connectivity index is 0.00000342. The Hall–Kier alpha value is -1.39. The average Bonchev–Trinajstić information content (AvgIpc) is 3.20. The summed E-state index contributed by atoms with van der Waals surface area (Å²) in [7, 11) is -5.62. The molecular formula is C19H18F3N5Na2O7P+. The number of phosphoric ester groups is 1. The van der Waals surface area contributed by atoms with Crippen LogP contribution in [0.1, 0.15) is 37.3 Å². The fourth-order valence-corrected chi connectivity index (χ4v) is 3.56. The van der Waals surface area contributed by atoms with Crippen LogP contribution in [0.25, 0.3) is 0 Å². The van der Waals surface area contributed by atoms with E-state index >= 15 is 0 Å². The molecule has 12 nitrogen and oxygen atoms in total. The van der Waals surface area contributed by atoms with Crippen molar-refractivity contribution in [2.45, 2.75) is 38.1 Å². The topological polar surface area (TPSA) is 166 Å². The smallest absolute Gasteiger partial charge is 0.780 e. The molecule has 0 radical (unpaired) electrons. The van der Waals surface area contributed by atoms with Gasteiger partial charge in [-0.05, 0) is 6.07 Å². The summed E-state index contributed by atoms with van der Waals surface area (Å²) in [5, 5.41) is 15.6. The van der Waals surface area contributed by atoms with Gasteiger partial charge in [0.1, 0.15) is 37.9 Å². The van der Waals surface area contributed by atoms with Gasteiger partial charge in [0.2, 0.25) is 12.6 Å². The normalized spacial score (nSPS) is 14.4. The number of ether oxygens (including phenoxy) is 1. The maximum absolute atomic E-state index is 14.7. The zero-order valence-corrected chi connectivity index (χ0v) is 25.0. The van der Waals surface area contributed by atoms with Crippen LogP contribution >= 0.6 is 7.82 Å². The fraction of sp³-hybridized carbons (Fsp3) is 0.316. The van der Waals surface area contributed by atoms with Crippen molar-refractivity contribution in [1.82, 2.24) is 19.7 Å². The number of rotatable bonds is 8. The van der Waals surface area contributed by atoms with Crippen LogP contribution in [0.4, 0.5) is 18.0 Å². The monoisotopic (exact) mass is 562 g/mol. The van der Waals surface area contributed by atoms with Crippen LogP contribution in [-0.4, -0.2) is 31.0 Å². The van der Waals surface area contributed by atoms with Crippen molar-refractivity contribution in [3.8, 4) is 0 Å². The number of aromatic nitrogens is 5. The van der Waals surface area contributed by atoms with E-state index in [4.69, 9.17) is 0 Å². The van der Waals surface area contributed by atoms with Gasteiger partial charge in [-0.15, -0.1) is 4.68 Å². The van der Waals surface area contributed by atoms with Gasteiger partial charge in [-0.3, -0.25) is 0 Å². The van der Waals surface area contributed by atoms with E-state index in [0.717, 1.165) is 40.2 Å². The molecule has 1 unspecified atom stereocenters. The number of carbonyl (C=O) groups excluding carboxylic acids is 1. The maximum atomic E-state index is 14.7. The molecule has 1 aromatic carbocycles. The van der Waals surface area contributed by atoms with Crippen molar-refractivity contribution in [3.63, 3.8) is 0 Å². The second-order valence-corrected chi connectivity index (χ2v) is 8.50. The molecule has 18 heteroatoms. The molecule has 1 N–H and O–H groups in total. The summed E-state index contributed by atoms with van der Waals surface area (Å²) in [6, 6.07) is 2.48.